The van der Waals surface area contributed by atoms with Crippen LogP contribution in [0.1, 0.15) is 17.2 Å². The highest BCUT2D eigenvalue weighted by Crippen LogP contribution is 2.41. The number of pyridine rings is 1. The minimum atomic E-state index is -1.00. The van der Waals surface area contributed by atoms with Gasteiger partial charge >= 0.3 is 5.91 Å². The second kappa shape index (κ2) is 8.11. The van der Waals surface area contributed by atoms with Crippen molar-refractivity contribution in [2.24, 2.45) is 0 Å². The Morgan fingerprint density at radius 1 is 1.03 bits per heavy atom. The third-order valence-electron chi connectivity index (χ3n) is 4.88. The van der Waals surface area contributed by atoms with Gasteiger partial charge in [-0.05, 0) is 42.0 Å². The van der Waals surface area contributed by atoms with Crippen LogP contribution < -0.4 is 4.90 Å². The number of halogens is 1. The normalized spacial score (nSPS) is 17.7. The number of anilines is 1. The molecular formula is C22H14BrN3O5. The van der Waals surface area contributed by atoms with Crippen molar-refractivity contribution in [1.82, 2.24) is 4.98 Å². The number of benzene rings is 2. The van der Waals surface area contributed by atoms with Gasteiger partial charge in [0, 0.05) is 28.4 Å². The topological polar surface area (TPSA) is 114 Å². The lowest BCUT2D eigenvalue weighted by Crippen LogP contribution is -2.30. The molecule has 0 spiro atoms. The molecule has 2 aromatic carbocycles. The van der Waals surface area contributed by atoms with E-state index >= 15 is 0 Å². The molecule has 0 aliphatic carbocycles. The number of aliphatic hydroxyl groups is 1. The highest BCUT2D eigenvalue weighted by molar-refractivity contribution is 9.10. The summed E-state index contributed by atoms with van der Waals surface area (Å²) in [4.78, 5) is 41.8. The van der Waals surface area contributed by atoms with Crippen molar-refractivity contribution in [2.75, 3.05) is 4.90 Å². The van der Waals surface area contributed by atoms with Crippen LogP contribution in [0.2, 0.25) is 0 Å². The number of nitrogens with zero attached hydrogens (tertiary/aromatic N) is 3. The van der Waals surface area contributed by atoms with E-state index in [1.165, 1.54) is 35.4 Å². The molecule has 0 saturated carbocycles. The number of non-ortho nitro benzene ring substituents is 1. The number of aliphatic hydroxyl groups excluding tert-OH is 1. The Balaban J connectivity index is 1.92. The largest absolute Gasteiger partial charge is 0.507 e. The van der Waals surface area contributed by atoms with Gasteiger partial charge in [-0.3, -0.25) is 24.6 Å². The van der Waals surface area contributed by atoms with E-state index in [2.05, 4.69) is 20.9 Å². The number of hydrogen-bond acceptors (Lipinski definition) is 6. The van der Waals surface area contributed by atoms with E-state index in [4.69, 9.17) is 0 Å². The fourth-order valence-corrected chi connectivity index (χ4v) is 3.69. The third kappa shape index (κ3) is 3.71. The molecule has 31 heavy (non-hydrogen) atoms. The molecule has 1 amide bonds. The second-order valence-corrected chi connectivity index (χ2v) is 7.63. The van der Waals surface area contributed by atoms with Crippen molar-refractivity contribution < 1.29 is 19.6 Å². The molecule has 3 aromatic rings. The highest BCUT2D eigenvalue weighted by atomic mass is 79.9. The maximum Gasteiger partial charge on any atom is 0.301 e. The van der Waals surface area contributed by atoms with Crippen molar-refractivity contribution in [1.29, 1.82) is 0 Å². The maximum atomic E-state index is 13.0. The maximum absolute atomic E-state index is 13.0. The highest BCUT2D eigenvalue weighted by Gasteiger charge is 2.47. The third-order valence-corrected chi connectivity index (χ3v) is 5.41. The van der Waals surface area contributed by atoms with E-state index in [1.54, 1.807) is 42.5 Å². The lowest BCUT2D eigenvalue weighted by molar-refractivity contribution is -0.384. The Morgan fingerprint density at radius 2 is 1.71 bits per heavy atom. The van der Waals surface area contributed by atoms with Crippen molar-refractivity contribution in [3.05, 3.63) is 104 Å². The first-order valence-corrected chi connectivity index (χ1v) is 9.90. The standard InChI is InChI=1S/C22H14BrN3O5/c23-15-8-4-14(5-9-15)20(27)18-19(13-6-10-16(11-7-13)26(30)31)25(22(29)21(18)28)17-3-1-2-12-24-17/h1-12,19,27H/b20-18-. The molecule has 1 N–H and O–H groups in total. The van der Waals surface area contributed by atoms with Gasteiger partial charge in [-0.15, -0.1) is 0 Å². The van der Waals surface area contributed by atoms with Crippen molar-refractivity contribution in [2.45, 2.75) is 6.04 Å². The fraction of sp³-hybridized carbons (Fsp3) is 0.0455. The summed E-state index contributed by atoms with van der Waals surface area (Å²) in [6.07, 6.45) is 1.48. The summed E-state index contributed by atoms with van der Waals surface area (Å²) < 4.78 is 0.782. The zero-order chi connectivity index (χ0) is 22.1. The van der Waals surface area contributed by atoms with E-state index < -0.39 is 22.7 Å². The van der Waals surface area contributed by atoms with Crippen LogP contribution in [-0.4, -0.2) is 26.7 Å². The average Bonchev–Trinajstić information content (AvgIpc) is 3.05. The number of carbonyl (C=O) groups is 2. The lowest BCUT2D eigenvalue weighted by atomic mass is 9.95. The van der Waals surface area contributed by atoms with E-state index in [1.807, 2.05) is 0 Å². The van der Waals surface area contributed by atoms with E-state index in [-0.39, 0.29) is 22.8 Å². The van der Waals surface area contributed by atoms with Crippen LogP contribution in [0.15, 0.2) is 83.0 Å². The van der Waals surface area contributed by atoms with Gasteiger partial charge in [0.15, 0.2) is 0 Å². The van der Waals surface area contributed by atoms with Gasteiger partial charge in [0.05, 0.1) is 16.5 Å². The molecular weight excluding hydrogens is 466 g/mol. The first-order chi connectivity index (χ1) is 14.9. The molecule has 9 heteroatoms. The quantitative estimate of drug-likeness (QED) is 0.195. The summed E-state index contributed by atoms with van der Waals surface area (Å²) in [5.41, 5.74) is 0.529. The Bertz CT molecular complexity index is 1210. The molecule has 1 unspecified atom stereocenters. The number of amides is 1. The number of hydrogen-bond donors (Lipinski definition) is 1. The number of aromatic nitrogens is 1. The number of rotatable bonds is 4. The van der Waals surface area contributed by atoms with Gasteiger partial charge in [-0.2, -0.15) is 0 Å². The first kappa shape index (κ1) is 20.4. The molecule has 2 heterocycles. The lowest BCUT2D eigenvalue weighted by Gasteiger charge is -2.24. The van der Waals surface area contributed by atoms with Gasteiger partial charge in [-0.25, -0.2) is 4.98 Å². The minimum Gasteiger partial charge on any atom is -0.507 e. The van der Waals surface area contributed by atoms with Crippen LogP contribution in [0.4, 0.5) is 11.5 Å². The molecule has 1 aliphatic heterocycles. The number of nitro benzene ring substituents is 1. The fourth-order valence-electron chi connectivity index (χ4n) is 3.42. The Morgan fingerprint density at radius 3 is 2.29 bits per heavy atom. The Hall–Kier alpha value is -3.85. The van der Waals surface area contributed by atoms with Gasteiger partial charge in [0.2, 0.25) is 0 Å². The monoisotopic (exact) mass is 479 g/mol. The van der Waals surface area contributed by atoms with Gasteiger partial charge in [-0.1, -0.05) is 34.1 Å². The van der Waals surface area contributed by atoms with Gasteiger partial charge < -0.3 is 5.11 Å². The number of ketones is 1. The van der Waals surface area contributed by atoms with Gasteiger partial charge in [0.25, 0.3) is 11.5 Å². The number of carbonyl (C=O) groups excluding carboxylic acids is 2. The zero-order valence-electron chi connectivity index (χ0n) is 15.8. The van der Waals surface area contributed by atoms with Crippen LogP contribution >= 0.6 is 15.9 Å². The summed E-state index contributed by atoms with van der Waals surface area (Å²) in [7, 11) is 0. The molecule has 1 aromatic heterocycles. The average molecular weight is 480 g/mol. The Kier molecular flexibility index (Phi) is 5.35. The summed E-state index contributed by atoms with van der Waals surface area (Å²) in [6, 6.07) is 16.0. The van der Waals surface area contributed by atoms with Crippen LogP contribution in [0, 0.1) is 10.1 Å². The molecule has 1 aliphatic rings. The number of Topliss-reactive ketones (excluding diaryl/α,β-unsaturated/α-hetero) is 1. The van der Waals surface area contributed by atoms with Crippen LogP contribution in [0.25, 0.3) is 5.76 Å². The SMILES string of the molecule is O=C1C(=O)N(c2ccccn2)C(c2ccc([N+](=O)[O-])cc2)/C1=C(/O)c1ccc(Br)cc1. The van der Waals surface area contributed by atoms with E-state index in [0.717, 1.165) is 4.47 Å². The van der Waals surface area contributed by atoms with E-state index in [9.17, 15) is 24.8 Å². The van der Waals surface area contributed by atoms with Gasteiger partial charge in [0.1, 0.15) is 11.6 Å². The molecule has 4 rings (SSSR count). The molecule has 154 valence electrons. The molecule has 0 radical (unpaired) electrons. The van der Waals surface area contributed by atoms with E-state index in [0.29, 0.717) is 11.1 Å². The molecule has 1 fully saturated rings. The van der Waals surface area contributed by atoms with Crippen LogP contribution in [0.5, 0.6) is 0 Å². The molecule has 8 nitrogen and oxygen atoms in total. The minimum absolute atomic E-state index is 0.119. The van der Waals surface area contributed by atoms with Crippen LogP contribution in [0.3, 0.4) is 0 Å². The molecule has 1 saturated heterocycles. The van der Waals surface area contributed by atoms with Crippen molar-refractivity contribution in [3.8, 4) is 0 Å². The molecule has 0 bridgehead atoms. The Labute approximate surface area is 184 Å². The zero-order valence-corrected chi connectivity index (χ0v) is 17.4. The number of nitro groups is 1. The summed E-state index contributed by atoms with van der Waals surface area (Å²) >= 11 is 3.32. The van der Waals surface area contributed by atoms with Crippen molar-refractivity contribution >= 4 is 44.9 Å². The first-order valence-electron chi connectivity index (χ1n) is 9.11. The predicted molar refractivity (Wildman–Crippen MR) is 116 cm³/mol. The summed E-state index contributed by atoms with van der Waals surface area (Å²) in [6.45, 7) is 0. The summed E-state index contributed by atoms with van der Waals surface area (Å²) in [5, 5.41) is 22.0. The predicted octanol–water partition coefficient (Wildman–Crippen LogP) is 4.38. The van der Waals surface area contributed by atoms with Crippen LogP contribution in [-0.2, 0) is 9.59 Å². The van der Waals surface area contributed by atoms with Crippen molar-refractivity contribution in [3.63, 3.8) is 0 Å². The smallest absolute Gasteiger partial charge is 0.301 e. The summed E-state index contributed by atoms with van der Waals surface area (Å²) in [5.74, 6) is -1.83. The second-order valence-electron chi connectivity index (χ2n) is 6.71. The molecule has 1 atom stereocenters.